The summed E-state index contributed by atoms with van der Waals surface area (Å²) in [6, 6.07) is 5.09. The Morgan fingerprint density at radius 3 is 2.63 bits per heavy atom. The van der Waals surface area contributed by atoms with E-state index in [1.165, 1.54) is 0 Å². The lowest BCUT2D eigenvalue weighted by molar-refractivity contribution is -0.147. The molecule has 1 aromatic carbocycles. The molecule has 0 spiro atoms. The van der Waals surface area contributed by atoms with E-state index in [1.54, 1.807) is 31.2 Å². The lowest BCUT2D eigenvalue weighted by Crippen LogP contribution is -2.38. The zero-order valence-corrected chi connectivity index (χ0v) is 11.1. The van der Waals surface area contributed by atoms with Crippen molar-refractivity contribution in [3.8, 4) is 5.75 Å². The molecule has 1 rings (SSSR count). The van der Waals surface area contributed by atoms with Gasteiger partial charge in [-0.3, -0.25) is 14.6 Å². The minimum Gasteiger partial charge on any atom is -0.465 e. The van der Waals surface area contributed by atoms with Gasteiger partial charge >= 0.3 is 5.97 Å². The van der Waals surface area contributed by atoms with Crippen molar-refractivity contribution in [3.05, 3.63) is 29.8 Å². The number of ether oxygens (including phenoxy) is 1. The Kier molecular flexibility index (Phi) is 6.20. The van der Waals surface area contributed by atoms with Gasteiger partial charge in [-0.05, 0) is 36.8 Å². The third kappa shape index (κ3) is 4.47. The number of hydrogen-bond donors (Lipinski definition) is 2. The van der Waals surface area contributed by atoms with Crippen molar-refractivity contribution >= 4 is 23.7 Å². The SMILES string of the molecule is CCOC(=O)[C@@H](N)[C@H](O)c1ccc(OOC=S)cc1. The van der Waals surface area contributed by atoms with Crippen LogP contribution in [0.15, 0.2) is 24.3 Å². The van der Waals surface area contributed by atoms with Gasteiger partial charge in [-0.15, -0.1) is 0 Å². The van der Waals surface area contributed by atoms with Crippen LogP contribution in [0.4, 0.5) is 0 Å². The summed E-state index contributed by atoms with van der Waals surface area (Å²) < 4.78 is 4.74. The molecule has 104 valence electrons. The summed E-state index contributed by atoms with van der Waals surface area (Å²) >= 11 is 4.43. The first-order valence-electron chi connectivity index (χ1n) is 5.57. The number of hydrogen-bond acceptors (Lipinski definition) is 7. The van der Waals surface area contributed by atoms with Crippen molar-refractivity contribution in [1.29, 1.82) is 0 Å². The Bertz CT molecular complexity index is 423. The molecule has 0 amide bonds. The second-order valence-corrected chi connectivity index (χ2v) is 3.76. The number of thiocarbonyl (C=S) groups is 1. The van der Waals surface area contributed by atoms with E-state index in [0.717, 1.165) is 5.55 Å². The van der Waals surface area contributed by atoms with E-state index in [2.05, 4.69) is 17.1 Å². The Balaban J connectivity index is 2.68. The number of benzene rings is 1. The molecular weight excluding hydrogens is 270 g/mol. The molecule has 0 aromatic heterocycles. The van der Waals surface area contributed by atoms with Crippen molar-refractivity contribution in [1.82, 2.24) is 0 Å². The third-order valence-corrected chi connectivity index (χ3v) is 2.38. The summed E-state index contributed by atoms with van der Waals surface area (Å²) in [6.45, 7) is 1.88. The Labute approximate surface area is 116 Å². The number of aliphatic hydroxyl groups excluding tert-OH is 1. The maximum absolute atomic E-state index is 11.4. The van der Waals surface area contributed by atoms with Crippen LogP contribution in [-0.4, -0.2) is 29.3 Å². The molecular formula is C12H15NO5S. The summed E-state index contributed by atoms with van der Waals surface area (Å²) in [4.78, 5) is 20.6. The zero-order valence-electron chi connectivity index (χ0n) is 10.3. The predicted molar refractivity (Wildman–Crippen MR) is 71.4 cm³/mol. The molecule has 7 heteroatoms. The zero-order chi connectivity index (χ0) is 14.3. The van der Waals surface area contributed by atoms with Crippen LogP contribution in [-0.2, 0) is 14.4 Å². The highest BCUT2D eigenvalue weighted by Crippen LogP contribution is 2.20. The van der Waals surface area contributed by atoms with Crippen LogP contribution >= 0.6 is 12.2 Å². The second-order valence-electron chi connectivity index (χ2n) is 3.57. The Morgan fingerprint density at radius 1 is 1.47 bits per heavy atom. The van der Waals surface area contributed by atoms with E-state index in [9.17, 15) is 9.90 Å². The van der Waals surface area contributed by atoms with E-state index in [1.807, 2.05) is 0 Å². The maximum Gasteiger partial charge on any atom is 0.325 e. The van der Waals surface area contributed by atoms with Crippen LogP contribution in [0, 0.1) is 0 Å². The van der Waals surface area contributed by atoms with Crippen LogP contribution in [0.3, 0.4) is 0 Å². The van der Waals surface area contributed by atoms with Crippen molar-refractivity contribution in [3.63, 3.8) is 0 Å². The summed E-state index contributed by atoms with van der Waals surface area (Å²) in [7, 11) is 0. The minimum atomic E-state index is -1.15. The Morgan fingerprint density at radius 2 is 2.11 bits per heavy atom. The highest BCUT2D eigenvalue weighted by atomic mass is 32.1. The molecule has 0 aliphatic heterocycles. The molecule has 0 unspecified atom stereocenters. The van der Waals surface area contributed by atoms with Gasteiger partial charge in [-0.25, -0.2) is 0 Å². The van der Waals surface area contributed by atoms with E-state index >= 15 is 0 Å². The van der Waals surface area contributed by atoms with E-state index in [4.69, 9.17) is 15.4 Å². The van der Waals surface area contributed by atoms with Crippen molar-refractivity contribution < 1.29 is 24.4 Å². The normalized spacial score (nSPS) is 13.2. The van der Waals surface area contributed by atoms with Gasteiger partial charge in [0.05, 0.1) is 6.61 Å². The fourth-order valence-electron chi connectivity index (χ4n) is 1.37. The van der Waals surface area contributed by atoms with Crippen LogP contribution in [0.1, 0.15) is 18.6 Å². The molecule has 0 aliphatic rings. The molecule has 0 saturated heterocycles. The fraction of sp³-hybridized carbons (Fsp3) is 0.333. The predicted octanol–water partition coefficient (Wildman–Crippen LogP) is 0.878. The number of carbonyl (C=O) groups excluding carboxylic acids is 1. The minimum absolute atomic E-state index is 0.209. The van der Waals surface area contributed by atoms with Gasteiger partial charge in [-0.2, -0.15) is 0 Å². The summed E-state index contributed by atoms with van der Waals surface area (Å²) in [5.74, 6) is -0.249. The molecule has 0 fully saturated rings. The molecule has 3 N–H and O–H groups in total. The molecule has 0 heterocycles. The van der Waals surface area contributed by atoms with Crippen LogP contribution < -0.4 is 10.6 Å². The van der Waals surface area contributed by atoms with Crippen molar-refractivity contribution in [2.75, 3.05) is 6.61 Å². The van der Waals surface area contributed by atoms with Gasteiger partial charge in [0, 0.05) is 0 Å². The standard InChI is InChI=1S/C12H15NO5S/c1-2-16-12(15)10(13)11(14)8-3-5-9(6-4-8)18-17-7-19/h3-7,10-11,14H,2,13H2,1H3/t10-,11+/m0/s1. The van der Waals surface area contributed by atoms with Gasteiger partial charge in [0.15, 0.2) is 5.75 Å². The fourth-order valence-corrected chi connectivity index (χ4v) is 1.41. The van der Waals surface area contributed by atoms with Crippen LogP contribution in [0.2, 0.25) is 0 Å². The molecule has 0 aliphatic carbocycles. The van der Waals surface area contributed by atoms with E-state index in [0.29, 0.717) is 11.3 Å². The summed E-state index contributed by atoms with van der Waals surface area (Å²) in [5.41, 5.74) is 7.04. The van der Waals surface area contributed by atoms with Crippen molar-refractivity contribution in [2.24, 2.45) is 5.73 Å². The number of rotatable bonds is 7. The van der Waals surface area contributed by atoms with Crippen LogP contribution in [0.25, 0.3) is 0 Å². The molecule has 0 bridgehead atoms. The first-order valence-corrected chi connectivity index (χ1v) is 6.04. The quantitative estimate of drug-likeness (QED) is 0.332. The van der Waals surface area contributed by atoms with Gasteiger partial charge in [0.25, 0.3) is 0 Å². The largest absolute Gasteiger partial charge is 0.465 e. The Hall–Kier alpha value is -1.70. The highest BCUT2D eigenvalue weighted by Gasteiger charge is 2.25. The lowest BCUT2D eigenvalue weighted by atomic mass is 10.0. The average Bonchev–Trinajstić information content (AvgIpc) is 2.44. The topological polar surface area (TPSA) is 91.0 Å². The molecule has 6 nitrogen and oxygen atoms in total. The molecule has 0 saturated carbocycles. The van der Waals surface area contributed by atoms with Gasteiger partial charge in [0.2, 0.25) is 5.55 Å². The van der Waals surface area contributed by atoms with E-state index < -0.39 is 18.1 Å². The van der Waals surface area contributed by atoms with Gasteiger partial charge < -0.3 is 15.6 Å². The highest BCUT2D eigenvalue weighted by molar-refractivity contribution is 7.78. The van der Waals surface area contributed by atoms with E-state index in [-0.39, 0.29) is 6.61 Å². The first-order chi connectivity index (χ1) is 9.10. The average molecular weight is 285 g/mol. The molecule has 19 heavy (non-hydrogen) atoms. The first kappa shape index (κ1) is 15.4. The number of esters is 1. The smallest absolute Gasteiger partial charge is 0.325 e. The lowest BCUT2D eigenvalue weighted by Gasteiger charge is -2.17. The maximum atomic E-state index is 11.4. The summed E-state index contributed by atoms with van der Waals surface area (Å²) in [5, 5.41) is 9.93. The third-order valence-electron chi connectivity index (χ3n) is 2.30. The van der Waals surface area contributed by atoms with Crippen molar-refractivity contribution in [2.45, 2.75) is 19.1 Å². The number of carbonyl (C=O) groups is 1. The number of nitrogens with two attached hydrogens (primary N) is 1. The second kappa shape index (κ2) is 7.67. The van der Waals surface area contributed by atoms with Gasteiger partial charge in [-0.1, -0.05) is 12.1 Å². The van der Waals surface area contributed by atoms with Crippen LogP contribution in [0.5, 0.6) is 5.75 Å². The molecule has 2 atom stereocenters. The summed E-state index contributed by atoms with van der Waals surface area (Å²) in [6.07, 6.45) is -1.15. The monoisotopic (exact) mass is 285 g/mol. The van der Waals surface area contributed by atoms with Gasteiger partial charge in [0.1, 0.15) is 12.1 Å². The molecule has 1 aromatic rings. The number of aliphatic hydroxyl groups is 1. The molecule has 0 radical (unpaired) electrons.